The first kappa shape index (κ1) is 13.7. The summed E-state index contributed by atoms with van der Waals surface area (Å²) in [6.07, 6.45) is 3.44. The maximum Gasteiger partial charge on any atom is 0.273 e. The molecule has 0 saturated heterocycles. The summed E-state index contributed by atoms with van der Waals surface area (Å²) in [7, 11) is 0. The average Bonchev–Trinajstić information content (AvgIpc) is 3.01. The van der Waals surface area contributed by atoms with Crippen LogP contribution < -0.4 is 5.56 Å². The topological polar surface area (TPSA) is 63.0 Å². The highest BCUT2D eigenvalue weighted by molar-refractivity contribution is 6.30. The molecule has 5 nitrogen and oxygen atoms in total. The van der Waals surface area contributed by atoms with Crippen LogP contribution in [0.3, 0.4) is 0 Å². The van der Waals surface area contributed by atoms with Gasteiger partial charge in [-0.3, -0.25) is 14.9 Å². The summed E-state index contributed by atoms with van der Waals surface area (Å²) in [5.41, 5.74) is 3.34. The van der Waals surface area contributed by atoms with Gasteiger partial charge in [0.25, 0.3) is 5.56 Å². The van der Waals surface area contributed by atoms with Crippen molar-refractivity contribution in [2.45, 2.75) is 0 Å². The maximum atomic E-state index is 12.3. The number of nitrogens with one attached hydrogen (secondary N) is 1. The molecule has 1 aromatic carbocycles. The second-order valence-electron chi connectivity index (χ2n) is 5.05. The van der Waals surface area contributed by atoms with E-state index in [-0.39, 0.29) is 5.56 Å². The van der Waals surface area contributed by atoms with E-state index in [4.69, 9.17) is 11.6 Å². The summed E-state index contributed by atoms with van der Waals surface area (Å²) in [6.45, 7) is 0. The van der Waals surface area contributed by atoms with Crippen molar-refractivity contribution in [2.75, 3.05) is 0 Å². The van der Waals surface area contributed by atoms with Gasteiger partial charge in [-0.2, -0.15) is 0 Å². The molecule has 23 heavy (non-hydrogen) atoms. The predicted molar refractivity (Wildman–Crippen MR) is 89.5 cm³/mol. The van der Waals surface area contributed by atoms with Gasteiger partial charge in [0, 0.05) is 29.0 Å². The van der Waals surface area contributed by atoms with Crippen LogP contribution in [0.25, 0.3) is 28.2 Å². The molecule has 0 aliphatic rings. The molecule has 1 N–H and O–H groups in total. The molecule has 0 spiro atoms. The molecule has 112 valence electrons. The van der Waals surface area contributed by atoms with E-state index in [0.29, 0.717) is 22.1 Å². The minimum Gasteiger partial charge on any atom is -0.296 e. The zero-order valence-corrected chi connectivity index (χ0v) is 12.7. The fourth-order valence-electron chi connectivity index (χ4n) is 2.47. The Balaban J connectivity index is 1.96. The zero-order valence-electron chi connectivity index (χ0n) is 11.9. The van der Waals surface area contributed by atoms with Gasteiger partial charge in [0.05, 0.1) is 11.4 Å². The van der Waals surface area contributed by atoms with Crippen LogP contribution in [0, 0.1) is 0 Å². The lowest BCUT2D eigenvalue weighted by molar-refractivity contribution is 0.900. The summed E-state index contributed by atoms with van der Waals surface area (Å²) >= 11 is 5.93. The Morgan fingerprint density at radius 2 is 1.87 bits per heavy atom. The van der Waals surface area contributed by atoms with E-state index in [2.05, 4.69) is 15.1 Å². The van der Waals surface area contributed by atoms with Gasteiger partial charge in [0.15, 0.2) is 5.65 Å². The lowest BCUT2D eigenvalue weighted by atomic mass is 10.1. The molecule has 4 aromatic rings. The SMILES string of the molecule is O=c1cc(-c2ccccn2)nc2c(-c3ccc(Cl)cc3)c[nH]n12. The predicted octanol–water partition coefficient (Wildman–Crippen LogP) is 3.41. The smallest absolute Gasteiger partial charge is 0.273 e. The Morgan fingerprint density at radius 3 is 2.61 bits per heavy atom. The molecule has 6 heteroatoms. The molecule has 4 rings (SSSR count). The van der Waals surface area contributed by atoms with E-state index < -0.39 is 0 Å². The molecule has 3 aromatic heterocycles. The Bertz CT molecular complexity index is 1040. The minimum absolute atomic E-state index is 0.184. The number of hydrogen-bond acceptors (Lipinski definition) is 3. The van der Waals surface area contributed by atoms with Gasteiger partial charge in [-0.05, 0) is 29.8 Å². The van der Waals surface area contributed by atoms with Crippen LogP contribution in [0.5, 0.6) is 0 Å². The van der Waals surface area contributed by atoms with E-state index >= 15 is 0 Å². The molecule has 0 atom stereocenters. The van der Waals surface area contributed by atoms with Gasteiger partial charge in [-0.15, -0.1) is 0 Å². The van der Waals surface area contributed by atoms with Crippen LogP contribution in [-0.4, -0.2) is 19.6 Å². The van der Waals surface area contributed by atoms with Crippen LogP contribution in [0.2, 0.25) is 5.02 Å². The van der Waals surface area contributed by atoms with E-state index in [9.17, 15) is 4.79 Å². The number of nitrogens with zero attached hydrogens (tertiary/aromatic N) is 3. The van der Waals surface area contributed by atoms with Gasteiger partial charge in [-0.25, -0.2) is 9.50 Å². The first-order chi connectivity index (χ1) is 11.2. The Kier molecular flexibility index (Phi) is 3.20. The van der Waals surface area contributed by atoms with Crippen molar-refractivity contribution in [1.82, 2.24) is 19.6 Å². The summed E-state index contributed by atoms with van der Waals surface area (Å²) < 4.78 is 1.41. The standard InChI is InChI=1S/C17H11ClN4O/c18-12-6-4-11(5-7-12)13-10-20-22-16(23)9-15(21-17(13)22)14-3-1-2-8-19-14/h1-10,20H. The first-order valence-corrected chi connectivity index (χ1v) is 7.39. The number of benzene rings is 1. The lowest BCUT2D eigenvalue weighted by Crippen LogP contribution is -2.14. The molecule has 0 saturated carbocycles. The van der Waals surface area contributed by atoms with Crippen molar-refractivity contribution in [3.05, 3.63) is 76.3 Å². The van der Waals surface area contributed by atoms with E-state index in [1.165, 1.54) is 10.6 Å². The average molecular weight is 323 g/mol. The Labute approximate surface area is 136 Å². The van der Waals surface area contributed by atoms with E-state index in [1.54, 1.807) is 24.5 Å². The summed E-state index contributed by atoms with van der Waals surface area (Å²) in [5, 5.41) is 3.60. The maximum absolute atomic E-state index is 12.3. The Hall–Kier alpha value is -2.92. The van der Waals surface area contributed by atoms with Gasteiger partial charge < -0.3 is 0 Å². The molecule has 0 amide bonds. The number of H-pyrrole nitrogens is 1. The summed E-state index contributed by atoms with van der Waals surface area (Å²) in [4.78, 5) is 21.2. The fourth-order valence-corrected chi connectivity index (χ4v) is 2.59. The number of fused-ring (bicyclic) bond motifs is 1. The number of rotatable bonds is 2. The molecule has 0 unspecified atom stereocenters. The highest BCUT2D eigenvalue weighted by Gasteiger charge is 2.12. The third-order valence-electron chi connectivity index (χ3n) is 3.58. The van der Waals surface area contributed by atoms with E-state index in [0.717, 1.165) is 11.1 Å². The summed E-state index contributed by atoms with van der Waals surface area (Å²) in [5.74, 6) is 0. The van der Waals surface area contributed by atoms with Crippen LogP contribution in [-0.2, 0) is 0 Å². The zero-order chi connectivity index (χ0) is 15.8. The van der Waals surface area contributed by atoms with Crippen molar-refractivity contribution in [1.29, 1.82) is 0 Å². The number of pyridine rings is 1. The molecule has 0 aliphatic heterocycles. The monoisotopic (exact) mass is 322 g/mol. The highest BCUT2D eigenvalue weighted by atomic mass is 35.5. The summed E-state index contributed by atoms with van der Waals surface area (Å²) in [6, 6.07) is 14.4. The third-order valence-corrected chi connectivity index (χ3v) is 3.83. The van der Waals surface area contributed by atoms with Gasteiger partial charge in [-0.1, -0.05) is 29.8 Å². The number of aromatic nitrogens is 4. The molecular formula is C17H11ClN4O. The molecule has 3 heterocycles. The van der Waals surface area contributed by atoms with E-state index in [1.807, 2.05) is 30.3 Å². The second kappa shape index (κ2) is 5.37. The largest absolute Gasteiger partial charge is 0.296 e. The van der Waals surface area contributed by atoms with Crippen LogP contribution in [0.1, 0.15) is 0 Å². The van der Waals surface area contributed by atoms with Crippen molar-refractivity contribution in [3.8, 4) is 22.5 Å². The Morgan fingerprint density at radius 1 is 1.04 bits per heavy atom. The normalized spacial score (nSPS) is 11.0. The highest BCUT2D eigenvalue weighted by Crippen LogP contribution is 2.25. The third kappa shape index (κ3) is 2.41. The van der Waals surface area contributed by atoms with Crippen molar-refractivity contribution < 1.29 is 0 Å². The second-order valence-corrected chi connectivity index (χ2v) is 5.48. The van der Waals surface area contributed by atoms with Gasteiger partial charge in [0.2, 0.25) is 0 Å². The molecule has 0 aliphatic carbocycles. The van der Waals surface area contributed by atoms with Crippen LogP contribution in [0.4, 0.5) is 0 Å². The minimum atomic E-state index is -0.184. The fraction of sp³-hybridized carbons (Fsp3) is 0. The number of aromatic amines is 1. The molecular weight excluding hydrogens is 312 g/mol. The van der Waals surface area contributed by atoms with Crippen molar-refractivity contribution in [3.63, 3.8) is 0 Å². The lowest BCUT2D eigenvalue weighted by Gasteiger charge is -2.02. The van der Waals surface area contributed by atoms with Gasteiger partial charge in [0.1, 0.15) is 0 Å². The number of hydrogen-bond donors (Lipinski definition) is 1. The number of halogens is 1. The quantitative estimate of drug-likeness (QED) is 0.615. The first-order valence-electron chi connectivity index (χ1n) is 7.01. The van der Waals surface area contributed by atoms with Crippen molar-refractivity contribution in [2.24, 2.45) is 0 Å². The van der Waals surface area contributed by atoms with Gasteiger partial charge >= 0.3 is 0 Å². The molecule has 0 fully saturated rings. The molecule has 0 bridgehead atoms. The van der Waals surface area contributed by atoms with Crippen LogP contribution >= 0.6 is 11.6 Å². The van der Waals surface area contributed by atoms with Crippen LogP contribution in [0.15, 0.2) is 65.7 Å². The van der Waals surface area contributed by atoms with Crippen molar-refractivity contribution >= 4 is 17.2 Å². The molecule has 0 radical (unpaired) electrons.